The zero-order valence-corrected chi connectivity index (χ0v) is 19.4. The van der Waals surface area contributed by atoms with Crippen molar-refractivity contribution in [3.63, 3.8) is 0 Å². The molecule has 5 rings (SSSR count). The van der Waals surface area contributed by atoms with Gasteiger partial charge in [0.1, 0.15) is 19.0 Å². The molecule has 3 aliphatic heterocycles. The van der Waals surface area contributed by atoms with Gasteiger partial charge in [-0.3, -0.25) is 9.69 Å². The summed E-state index contributed by atoms with van der Waals surface area (Å²) < 4.78 is 16.7. The highest BCUT2D eigenvalue weighted by atomic mass is 16.6. The van der Waals surface area contributed by atoms with Gasteiger partial charge in [0.2, 0.25) is 5.91 Å². The van der Waals surface area contributed by atoms with E-state index in [9.17, 15) is 4.79 Å². The Balaban J connectivity index is 1.20. The first-order valence-corrected chi connectivity index (χ1v) is 12.0. The van der Waals surface area contributed by atoms with E-state index in [0.717, 1.165) is 74.8 Å². The number of amides is 1. The van der Waals surface area contributed by atoms with E-state index < -0.39 is 0 Å². The van der Waals surface area contributed by atoms with Gasteiger partial charge < -0.3 is 24.0 Å². The van der Waals surface area contributed by atoms with Gasteiger partial charge in [-0.2, -0.15) is 0 Å². The summed E-state index contributed by atoms with van der Waals surface area (Å²) in [6.07, 6.45) is 3.08. The smallest absolute Gasteiger partial charge is 0.237 e. The predicted octanol–water partition coefficient (Wildman–Crippen LogP) is 3.34. The average Bonchev–Trinajstić information content (AvgIpc) is 3.24. The Morgan fingerprint density at radius 3 is 2.58 bits per heavy atom. The maximum absolute atomic E-state index is 13.3. The molecule has 1 amide bonds. The number of carbonyl (C=O) groups is 1. The van der Waals surface area contributed by atoms with Crippen LogP contribution in [0.3, 0.4) is 0 Å². The van der Waals surface area contributed by atoms with E-state index in [-0.39, 0.29) is 11.9 Å². The van der Waals surface area contributed by atoms with Crippen LogP contribution in [0.5, 0.6) is 17.2 Å². The number of anilines is 1. The molecule has 2 saturated heterocycles. The van der Waals surface area contributed by atoms with Crippen molar-refractivity contribution in [2.24, 2.45) is 0 Å². The van der Waals surface area contributed by atoms with Gasteiger partial charge in [0.05, 0.1) is 19.7 Å². The molecule has 3 aliphatic rings. The summed E-state index contributed by atoms with van der Waals surface area (Å²) in [4.78, 5) is 20.1. The van der Waals surface area contributed by atoms with E-state index in [1.165, 1.54) is 5.69 Å². The molecule has 2 aromatic carbocycles. The van der Waals surface area contributed by atoms with Gasteiger partial charge in [-0.15, -0.1) is 0 Å². The zero-order chi connectivity index (χ0) is 22.6. The fourth-order valence-electron chi connectivity index (χ4n) is 5.14. The molecular weight excluding hydrogens is 418 g/mol. The minimum atomic E-state index is 0.121. The van der Waals surface area contributed by atoms with E-state index >= 15 is 0 Å². The van der Waals surface area contributed by atoms with Crippen LogP contribution in [-0.2, 0) is 4.79 Å². The van der Waals surface area contributed by atoms with Gasteiger partial charge in [-0.1, -0.05) is 6.07 Å². The molecule has 0 aromatic heterocycles. The van der Waals surface area contributed by atoms with Gasteiger partial charge in [0, 0.05) is 38.4 Å². The quantitative estimate of drug-likeness (QED) is 0.695. The molecule has 7 nitrogen and oxygen atoms in total. The summed E-state index contributed by atoms with van der Waals surface area (Å²) in [5.74, 6) is 2.69. The van der Waals surface area contributed by atoms with Crippen LogP contribution in [0.1, 0.15) is 30.9 Å². The Kier molecular flexibility index (Phi) is 6.58. The molecular formula is C26H33N3O4. The number of methoxy groups -OCH3 is 1. The van der Waals surface area contributed by atoms with Crippen LogP contribution in [-0.4, -0.2) is 75.3 Å². The fraction of sp³-hybridized carbons (Fsp3) is 0.500. The Bertz CT molecular complexity index is 965. The van der Waals surface area contributed by atoms with E-state index in [4.69, 9.17) is 14.2 Å². The van der Waals surface area contributed by atoms with Crippen LogP contribution < -0.4 is 19.1 Å². The SMILES string of the molecule is COc1ccc(N2CCCN(CC(=O)N3CCCC3c3ccc4c(c3)OCCO4)CC2)cc1. The lowest BCUT2D eigenvalue weighted by Gasteiger charge is -2.29. The number of hydrogen-bond acceptors (Lipinski definition) is 6. The van der Waals surface area contributed by atoms with Gasteiger partial charge in [-0.25, -0.2) is 0 Å². The van der Waals surface area contributed by atoms with E-state index in [2.05, 4.69) is 39.0 Å². The molecule has 176 valence electrons. The van der Waals surface area contributed by atoms with E-state index in [0.29, 0.717) is 19.8 Å². The number of likely N-dealkylation sites (tertiary alicyclic amines) is 1. The predicted molar refractivity (Wildman–Crippen MR) is 127 cm³/mol. The number of ether oxygens (including phenoxy) is 3. The first-order chi connectivity index (χ1) is 16.2. The van der Waals surface area contributed by atoms with Crippen LogP contribution >= 0.6 is 0 Å². The van der Waals surface area contributed by atoms with Crippen LogP contribution in [0.2, 0.25) is 0 Å². The second kappa shape index (κ2) is 9.91. The van der Waals surface area contributed by atoms with Crippen molar-refractivity contribution in [3.05, 3.63) is 48.0 Å². The maximum Gasteiger partial charge on any atom is 0.237 e. The fourth-order valence-corrected chi connectivity index (χ4v) is 5.14. The number of hydrogen-bond donors (Lipinski definition) is 0. The molecule has 3 heterocycles. The molecule has 0 aliphatic carbocycles. The average molecular weight is 452 g/mol. The largest absolute Gasteiger partial charge is 0.497 e. The minimum absolute atomic E-state index is 0.121. The lowest BCUT2D eigenvalue weighted by atomic mass is 10.0. The molecule has 0 N–H and O–H groups in total. The molecule has 2 aromatic rings. The third-order valence-electron chi connectivity index (χ3n) is 6.91. The molecule has 0 saturated carbocycles. The van der Waals surface area contributed by atoms with Crippen LogP contribution in [0.15, 0.2) is 42.5 Å². The Labute approximate surface area is 195 Å². The van der Waals surface area contributed by atoms with Crippen molar-refractivity contribution < 1.29 is 19.0 Å². The van der Waals surface area contributed by atoms with Gasteiger partial charge in [-0.05, 0) is 61.2 Å². The topological polar surface area (TPSA) is 54.5 Å². The summed E-state index contributed by atoms with van der Waals surface area (Å²) in [5.41, 5.74) is 2.36. The monoisotopic (exact) mass is 451 g/mol. The Morgan fingerprint density at radius 2 is 1.76 bits per heavy atom. The number of nitrogens with zero attached hydrogens (tertiary/aromatic N) is 3. The van der Waals surface area contributed by atoms with Crippen molar-refractivity contribution >= 4 is 11.6 Å². The highest BCUT2D eigenvalue weighted by Gasteiger charge is 2.32. The zero-order valence-electron chi connectivity index (χ0n) is 19.4. The minimum Gasteiger partial charge on any atom is -0.497 e. The summed E-state index contributed by atoms with van der Waals surface area (Å²) in [6, 6.07) is 14.5. The summed E-state index contributed by atoms with van der Waals surface area (Å²) in [5, 5.41) is 0. The summed E-state index contributed by atoms with van der Waals surface area (Å²) in [7, 11) is 1.69. The maximum atomic E-state index is 13.3. The molecule has 2 fully saturated rings. The highest BCUT2D eigenvalue weighted by Crippen LogP contribution is 2.38. The number of benzene rings is 2. The van der Waals surface area contributed by atoms with Gasteiger partial charge in [0.15, 0.2) is 11.5 Å². The molecule has 0 radical (unpaired) electrons. The molecule has 33 heavy (non-hydrogen) atoms. The summed E-state index contributed by atoms with van der Waals surface area (Å²) >= 11 is 0. The van der Waals surface area contributed by atoms with Crippen molar-refractivity contribution in [2.45, 2.75) is 25.3 Å². The third-order valence-corrected chi connectivity index (χ3v) is 6.91. The first-order valence-electron chi connectivity index (χ1n) is 12.0. The van der Waals surface area contributed by atoms with E-state index in [1.54, 1.807) is 7.11 Å². The first kappa shape index (κ1) is 21.9. The van der Waals surface area contributed by atoms with Crippen LogP contribution in [0.4, 0.5) is 5.69 Å². The second-order valence-electron chi connectivity index (χ2n) is 8.96. The second-order valence-corrected chi connectivity index (χ2v) is 8.96. The number of rotatable bonds is 5. The Morgan fingerprint density at radius 1 is 0.939 bits per heavy atom. The van der Waals surface area contributed by atoms with Gasteiger partial charge >= 0.3 is 0 Å². The van der Waals surface area contributed by atoms with Crippen LogP contribution in [0.25, 0.3) is 0 Å². The lowest BCUT2D eigenvalue weighted by Crippen LogP contribution is -2.41. The van der Waals surface area contributed by atoms with Crippen LogP contribution in [0, 0.1) is 0 Å². The van der Waals surface area contributed by atoms with Gasteiger partial charge in [0.25, 0.3) is 0 Å². The molecule has 1 unspecified atom stereocenters. The third kappa shape index (κ3) is 4.88. The summed E-state index contributed by atoms with van der Waals surface area (Å²) in [6.45, 7) is 6.23. The normalized spacial score (nSPS) is 21.1. The van der Waals surface area contributed by atoms with Crippen molar-refractivity contribution in [1.82, 2.24) is 9.80 Å². The molecule has 7 heteroatoms. The van der Waals surface area contributed by atoms with Crippen molar-refractivity contribution in [1.29, 1.82) is 0 Å². The van der Waals surface area contributed by atoms with E-state index in [1.807, 2.05) is 18.2 Å². The molecule has 0 bridgehead atoms. The number of carbonyl (C=O) groups excluding carboxylic acids is 1. The van der Waals surface area contributed by atoms with Crippen molar-refractivity contribution in [2.75, 3.05) is 64.5 Å². The standard InChI is InChI=1S/C26H33N3O4/c1-31-22-8-6-21(7-9-22)28-12-3-11-27(14-15-28)19-26(30)29-13-2-4-23(29)20-5-10-24-25(18-20)33-17-16-32-24/h5-10,18,23H,2-4,11-17,19H2,1H3. The number of fused-ring (bicyclic) bond motifs is 1. The highest BCUT2D eigenvalue weighted by molar-refractivity contribution is 5.79. The molecule has 0 spiro atoms. The lowest BCUT2D eigenvalue weighted by molar-refractivity contribution is -0.133. The molecule has 1 atom stereocenters. The van der Waals surface area contributed by atoms with Crippen molar-refractivity contribution in [3.8, 4) is 17.2 Å². The Hall–Kier alpha value is -2.93.